The number of carbonyl (C=O) groups is 2. The van der Waals surface area contributed by atoms with Crippen molar-refractivity contribution in [2.45, 2.75) is 24.1 Å². The number of hydrogen-bond donors (Lipinski definition) is 2. The smallest absolute Gasteiger partial charge is 0.230 e. The quantitative estimate of drug-likeness (QED) is 0.540. The van der Waals surface area contributed by atoms with Crippen LogP contribution in [0.3, 0.4) is 0 Å². The second kappa shape index (κ2) is 9.09. The van der Waals surface area contributed by atoms with Crippen molar-refractivity contribution in [3.8, 4) is 11.1 Å². The van der Waals surface area contributed by atoms with Crippen LogP contribution in [0.1, 0.15) is 18.9 Å². The summed E-state index contributed by atoms with van der Waals surface area (Å²) in [6, 6.07) is 12.1. The highest BCUT2D eigenvalue weighted by atomic mass is 32.2. The number of amides is 2. The number of piperidine rings is 1. The molecule has 2 amide bonds. The number of nitrogens with one attached hydrogen (secondary N) is 2. The van der Waals surface area contributed by atoms with E-state index in [4.69, 9.17) is 0 Å². The number of hydrogen-bond acceptors (Lipinski definition) is 5. The molecule has 176 valence electrons. The normalized spacial score (nSPS) is 22.2. The van der Waals surface area contributed by atoms with Gasteiger partial charge in [-0.1, -0.05) is 24.3 Å². The second-order valence-electron chi connectivity index (χ2n) is 8.81. The summed E-state index contributed by atoms with van der Waals surface area (Å²) in [5.41, 5.74) is 2.49. The van der Waals surface area contributed by atoms with Crippen LogP contribution in [0.4, 0.5) is 10.1 Å². The third-order valence-corrected chi connectivity index (χ3v) is 7.77. The molecule has 0 spiro atoms. The molecule has 1 saturated heterocycles. The zero-order valence-electron chi connectivity index (χ0n) is 18.5. The van der Waals surface area contributed by atoms with Crippen molar-refractivity contribution in [2.24, 2.45) is 17.8 Å². The average molecular weight is 482 g/mol. The molecule has 10 heteroatoms. The molecule has 2 heterocycles. The maximum atomic E-state index is 15.1. The molecule has 2 aliphatic rings. The molecule has 34 heavy (non-hydrogen) atoms. The van der Waals surface area contributed by atoms with Gasteiger partial charge in [-0.25, -0.2) is 4.39 Å². The van der Waals surface area contributed by atoms with Crippen LogP contribution in [0, 0.1) is 23.6 Å². The van der Waals surface area contributed by atoms with Gasteiger partial charge in [0.05, 0.1) is 22.7 Å². The van der Waals surface area contributed by atoms with Crippen LogP contribution < -0.4 is 10.2 Å². The van der Waals surface area contributed by atoms with Crippen LogP contribution in [0.2, 0.25) is 0 Å². The van der Waals surface area contributed by atoms with Crippen molar-refractivity contribution < 1.29 is 18.2 Å². The number of carbonyl (C=O) groups excluding carboxylic acids is 2. The summed E-state index contributed by atoms with van der Waals surface area (Å²) in [6.07, 6.45) is 2.26. The van der Waals surface area contributed by atoms with Gasteiger partial charge in [0.2, 0.25) is 11.8 Å². The van der Waals surface area contributed by atoms with Crippen LogP contribution in [0.15, 0.2) is 53.7 Å². The summed E-state index contributed by atoms with van der Waals surface area (Å²) < 4.78 is 27.4. The highest BCUT2D eigenvalue weighted by Gasteiger charge is 2.53. The van der Waals surface area contributed by atoms with E-state index in [1.807, 2.05) is 12.1 Å². The minimum Gasteiger partial charge on any atom is -0.356 e. The molecular weight excluding hydrogens is 457 g/mol. The van der Waals surface area contributed by atoms with Gasteiger partial charge in [0.15, 0.2) is 5.03 Å². The molecule has 2 aromatic carbocycles. The number of H-pyrrole nitrogens is 1. The van der Waals surface area contributed by atoms with Gasteiger partial charge in [0.25, 0.3) is 0 Å². The lowest BCUT2D eigenvalue weighted by molar-refractivity contribution is -0.121. The van der Waals surface area contributed by atoms with Gasteiger partial charge in [-0.05, 0) is 47.6 Å². The number of fused-ring (bicyclic) bond motifs is 1. The summed E-state index contributed by atoms with van der Waals surface area (Å²) in [4.78, 5) is 25.8. The molecule has 1 aliphatic carbocycles. The Kier molecular flexibility index (Phi) is 5.99. The number of anilines is 1. The van der Waals surface area contributed by atoms with E-state index in [2.05, 4.69) is 20.7 Å². The van der Waals surface area contributed by atoms with E-state index in [9.17, 15) is 13.8 Å². The molecule has 8 nitrogen and oxygen atoms in total. The maximum Gasteiger partial charge on any atom is 0.230 e. The fraction of sp³-hybridized carbons (Fsp3) is 0.333. The Hall–Kier alpha value is -3.40. The summed E-state index contributed by atoms with van der Waals surface area (Å²) >= 11 is 0. The van der Waals surface area contributed by atoms with Gasteiger partial charge in [0, 0.05) is 37.2 Å². The lowest BCUT2D eigenvalue weighted by atomic mass is 9.95. The van der Waals surface area contributed by atoms with E-state index in [-0.39, 0.29) is 29.4 Å². The third-order valence-electron chi connectivity index (χ3n) is 6.51. The van der Waals surface area contributed by atoms with Crippen LogP contribution in [-0.4, -0.2) is 44.5 Å². The predicted molar refractivity (Wildman–Crippen MR) is 124 cm³/mol. The Bertz CT molecular complexity index is 1250. The van der Waals surface area contributed by atoms with E-state index in [0.29, 0.717) is 40.8 Å². The fourth-order valence-corrected chi connectivity index (χ4v) is 5.57. The van der Waals surface area contributed by atoms with Crippen molar-refractivity contribution in [1.82, 2.24) is 20.7 Å². The number of aromatic amines is 1. The number of benzene rings is 2. The summed E-state index contributed by atoms with van der Waals surface area (Å²) in [5, 5.41) is 13.2. The van der Waals surface area contributed by atoms with Gasteiger partial charge >= 0.3 is 0 Å². The first-order chi connectivity index (χ1) is 16.4. The Morgan fingerprint density at radius 2 is 2.06 bits per heavy atom. The predicted octanol–water partition coefficient (Wildman–Crippen LogP) is 2.65. The standard InChI is InChI=1S/C24H24FN5O3S/c1-14(31)26-10-17-12-30(24(32)21-9-20(17)21)18-6-7-19(22(25)8-18)16-4-2-15(3-5-16)13-34(33)23-11-27-29-28-23/h2-8,11,17,20-21H,9-10,12-13H2,1H3,(H,26,31)(H,27,28,29)/t17-,20?,21?,34?/m0/s1. The number of rotatable bonds is 7. The van der Waals surface area contributed by atoms with Crippen molar-refractivity contribution in [2.75, 3.05) is 18.0 Å². The molecular formula is C24H24FN5O3S. The first-order valence-electron chi connectivity index (χ1n) is 11.1. The number of halogens is 1. The average Bonchev–Trinajstić information content (AvgIpc) is 3.44. The topological polar surface area (TPSA) is 108 Å². The molecule has 3 aromatic rings. The first kappa shape index (κ1) is 22.4. The summed E-state index contributed by atoms with van der Waals surface area (Å²) in [7, 11) is -1.31. The van der Waals surface area contributed by atoms with Gasteiger partial charge in [-0.15, -0.1) is 5.10 Å². The highest BCUT2D eigenvalue weighted by molar-refractivity contribution is 7.84. The van der Waals surface area contributed by atoms with E-state index in [0.717, 1.165) is 12.0 Å². The van der Waals surface area contributed by atoms with Gasteiger partial charge in [-0.2, -0.15) is 10.3 Å². The van der Waals surface area contributed by atoms with E-state index < -0.39 is 16.6 Å². The summed E-state index contributed by atoms with van der Waals surface area (Å²) in [6.45, 7) is 2.47. The first-order valence-corrected chi connectivity index (χ1v) is 12.4. The Morgan fingerprint density at radius 3 is 2.74 bits per heavy atom. The van der Waals surface area contributed by atoms with Crippen molar-refractivity contribution in [1.29, 1.82) is 0 Å². The highest BCUT2D eigenvalue weighted by Crippen LogP contribution is 2.50. The molecule has 4 atom stereocenters. The SMILES string of the molecule is CC(=O)NC[C@H]1CN(c2ccc(-c3ccc(CS(=O)c4cn[nH]n4)cc3)c(F)c2)C(=O)C2CC21. The van der Waals surface area contributed by atoms with Crippen LogP contribution in [0.25, 0.3) is 11.1 Å². The van der Waals surface area contributed by atoms with Crippen LogP contribution in [0.5, 0.6) is 0 Å². The minimum absolute atomic E-state index is 0.0284. The van der Waals surface area contributed by atoms with Crippen LogP contribution >= 0.6 is 0 Å². The van der Waals surface area contributed by atoms with Gasteiger partial charge in [0.1, 0.15) is 5.82 Å². The van der Waals surface area contributed by atoms with Crippen molar-refractivity contribution in [3.63, 3.8) is 0 Å². The van der Waals surface area contributed by atoms with E-state index in [1.54, 1.807) is 29.2 Å². The Labute approximate surface area is 198 Å². The van der Waals surface area contributed by atoms with Crippen LogP contribution in [-0.2, 0) is 26.1 Å². The van der Waals surface area contributed by atoms with E-state index >= 15 is 4.39 Å². The zero-order valence-corrected chi connectivity index (χ0v) is 19.3. The molecule has 2 fully saturated rings. The monoisotopic (exact) mass is 481 g/mol. The third kappa shape index (κ3) is 4.50. The van der Waals surface area contributed by atoms with Gasteiger partial charge in [-0.3, -0.25) is 13.8 Å². The van der Waals surface area contributed by atoms with Gasteiger partial charge < -0.3 is 10.2 Å². The Balaban J connectivity index is 1.30. The number of nitrogens with zero attached hydrogens (tertiary/aromatic N) is 3. The molecule has 5 rings (SSSR count). The fourth-order valence-electron chi connectivity index (χ4n) is 4.62. The van der Waals surface area contributed by atoms with Crippen molar-refractivity contribution in [3.05, 3.63) is 60.0 Å². The molecule has 3 unspecified atom stereocenters. The van der Waals surface area contributed by atoms with Crippen molar-refractivity contribution >= 4 is 28.3 Å². The second-order valence-corrected chi connectivity index (χ2v) is 10.2. The lowest BCUT2D eigenvalue weighted by Gasteiger charge is -2.32. The zero-order chi connectivity index (χ0) is 23.8. The molecule has 2 N–H and O–H groups in total. The van der Waals surface area contributed by atoms with E-state index in [1.165, 1.54) is 19.2 Å². The minimum atomic E-state index is -1.31. The molecule has 1 aromatic heterocycles. The maximum absolute atomic E-state index is 15.1. The molecule has 0 radical (unpaired) electrons. The lowest BCUT2D eigenvalue weighted by Crippen LogP contribution is -2.45. The molecule has 1 aliphatic heterocycles. The number of aromatic nitrogens is 3. The largest absolute Gasteiger partial charge is 0.356 e. The summed E-state index contributed by atoms with van der Waals surface area (Å²) in [5.74, 6) is 0.243. The molecule has 0 bridgehead atoms. The Morgan fingerprint density at radius 1 is 1.26 bits per heavy atom. The molecule has 1 saturated carbocycles.